The second-order valence-electron chi connectivity index (χ2n) is 7.72. The topological polar surface area (TPSA) is 54.4 Å². The van der Waals surface area contributed by atoms with Gasteiger partial charge in [-0.1, -0.05) is 25.9 Å². The number of aliphatic hydroxyl groups is 1. The largest absolute Gasteiger partial charge is 0.392 e. The van der Waals surface area contributed by atoms with Crippen LogP contribution in [-0.2, 0) is 9.59 Å². The standard InChI is InChI=1S/C20H24O3/c1-19-7-5-13(22)10-17(19)12(11-21)9-14-15-3-4-18(23)20(15,2)8-6-16(14)19/h5,7,9-10,14-16,21H,3-4,6,8,11H2,1-2H3/t14-,15-,16-,19-,20-/m0/s1/i1D3. The predicted octanol–water partition coefficient (Wildman–Crippen LogP) is 3.00. The van der Waals surface area contributed by atoms with Crippen LogP contribution in [0.4, 0.5) is 0 Å². The maximum absolute atomic E-state index is 12.5. The first-order chi connectivity index (χ1) is 12.1. The van der Waals surface area contributed by atoms with E-state index in [-0.39, 0.29) is 35.9 Å². The lowest BCUT2D eigenvalue weighted by Crippen LogP contribution is -2.49. The molecule has 2 saturated carbocycles. The number of fused-ring (bicyclic) bond motifs is 5. The first-order valence-corrected chi connectivity index (χ1v) is 8.46. The van der Waals surface area contributed by atoms with Gasteiger partial charge in [-0.25, -0.2) is 0 Å². The van der Waals surface area contributed by atoms with Crippen molar-refractivity contribution in [3.63, 3.8) is 0 Å². The number of carbonyl (C=O) groups excluding carboxylic acids is 2. The molecule has 0 radical (unpaired) electrons. The van der Waals surface area contributed by atoms with E-state index in [4.69, 9.17) is 4.11 Å². The van der Waals surface area contributed by atoms with Crippen LogP contribution in [-0.4, -0.2) is 23.3 Å². The quantitative estimate of drug-likeness (QED) is 0.809. The summed E-state index contributed by atoms with van der Waals surface area (Å²) in [6, 6.07) is 0. The summed E-state index contributed by atoms with van der Waals surface area (Å²) < 4.78 is 25.0. The van der Waals surface area contributed by atoms with Gasteiger partial charge >= 0.3 is 0 Å². The minimum Gasteiger partial charge on any atom is -0.392 e. The van der Waals surface area contributed by atoms with Gasteiger partial charge in [0.25, 0.3) is 0 Å². The molecule has 1 N–H and O–H groups in total. The minimum atomic E-state index is -2.33. The molecule has 4 aliphatic rings. The highest BCUT2D eigenvalue weighted by Gasteiger charge is 2.58. The second-order valence-corrected chi connectivity index (χ2v) is 7.72. The average molecular weight is 315 g/mol. The van der Waals surface area contributed by atoms with Gasteiger partial charge < -0.3 is 5.11 Å². The van der Waals surface area contributed by atoms with Gasteiger partial charge in [0.2, 0.25) is 0 Å². The fraction of sp³-hybridized carbons (Fsp3) is 0.600. The predicted molar refractivity (Wildman–Crippen MR) is 87.6 cm³/mol. The molecule has 3 nitrogen and oxygen atoms in total. The fourth-order valence-corrected chi connectivity index (χ4v) is 5.49. The Morgan fingerprint density at radius 3 is 2.91 bits per heavy atom. The Labute approximate surface area is 141 Å². The molecule has 0 aromatic carbocycles. The molecule has 2 fully saturated rings. The molecule has 0 saturated heterocycles. The lowest BCUT2D eigenvalue weighted by Gasteiger charge is -2.54. The van der Waals surface area contributed by atoms with Gasteiger partial charge in [0, 0.05) is 21.4 Å². The molecule has 0 aromatic rings. The molecule has 4 aliphatic carbocycles. The smallest absolute Gasteiger partial charge is 0.178 e. The number of Topliss-reactive ketones (excluding diaryl/α,β-unsaturated/α-hetero) is 1. The molecule has 4 rings (SSSR count). The Kier molecular flexibility index (Phi) is 2.48. The molecule has 23 heavy (non-hydrogen) atoms. The van der Waals surface area contributed by atoms with E-state index in [1.54, 1.807) is 6.08 Å². The molecule has 5 atom stereocenters. The van der Waals surface area contributed by atoms with Crippen LogP contribution in [0.1, 0.15) is 43.6 Å². The van der Waals surface area contributed by atoms with Gasteiger partial charge in [-0.05, 0) is 60.3 Å². The zero-order valence-electron chi connectivity index (χ0n) is 16.3. The van der Waals surface area contributed by atoms with Gasteiger partial charge in [-0.2, -0.15) is 0 Å². The summed E-state index contributed by atoms with van der Waals surface area (Å²) in [5.74, 6) is -0.127. The molecule has 0 amide bonds. The first-order valence-electron chi connectivity index (χ1n) is 9.96. The minimum absolute atomic E-state index is 0.0715. The van der Waals surface area contributed by atoms with Crippen LogP contribution in [0.25, 0.3) is 0 Å². The summed E-state index contributed by atoms with van der Waals surface area (Å²) in [5.41, 5.74) is -0.681. The highest BCUT2D eigenvalue weighted by atomic mass is 16.3. The third-order valence-electron chi connectivity index (χ3n) is 6.78. The van der Waals surface area contributed by atoms with Crippen molar-refractivity contribution in [2.24, 2.45) is 28.6 Å². The van der Waals surface area contributed by atoms with Crippen molar-refractivity contribution >= 4 is 11.6 Å². The van der Waals surface area contributed by atoms with Crippen LogP contribution in [0.3, 0.4) is 0 Å². The van der Waals surface area contributed by atoms with E-state index in [1.807, 2.05) is 13.0 Å². The van der Waals surface area contributed by atoms with Crippen LogP contribution >= 0.6 is 0 Å². The monoisotopic (exact) mass is 315 g/mol. The highest BCUT2D eigenvalue weighted by Crippen LogP contribution is 2.62. The molecule has 0 unspecified atom stereocenters. The van der Waals surface area contributed by atoms with Crippen LogP contribution in [0.2, 0.25) is 0 Å². The van der Waals surface area contributed by atoms with Gasteiger partial charge in [0.05, 0.1) is 6.61 Å². The molecule has 3 heteroatoms. The van der Waals surface area contributed by atoms with Crippen molar-refractivity contribution in [1.82, 2.24) is 0 Å². The Morgan fingerprint density at radius 1 is 1.35 bits per heavy atom. The van der Waals surface area contributed by atoms with E-state index >= 15 is 0 Å². The Hall–Kier alpha value is -1.48. The molecule has 0 aliphatic heterocycles. The van der Waals surface area contributed by atoms with Crippen molar-refractivity contribution < 1.29 is 18.8 Å². The van der Waals surface area contributed by atoms with Crippen LogP contribution in [0.5, 0.6) is 0 Å². The molecule has 122 valence electrons. The Balaban J connectivity index is 1.93. The van der Waals surface area contributed by atoms with Crippen molar-refractivity contribution in [3.05, 3.63) is 35.5 Å². The molecule has 0 bridgehead atoms. The van der Waals surface area contributed by atoms with Crippen LogP contribution in [0.15, 0.2) is 35.5 Å². The van der Waals surface area contributed by atoms with Crippen molar-refractivity contribution in [1.29, 1.82) is 0 Å². The summed E-state index contributed by atoms with van der Waals surface area (Å²) >= 11 is 0. The maximum atomic E-state index is 12.5. The number of ketones is 2. The Morgan fingerprint density at radius 2 is 2.17 bits per heavy atom. The van der Waals surface area contributed by atoms with Crippen molar-refractivity contribution in [2.75, 3.05) is 6.61 Å². The number of hydrogen-bond acceptors (Lipinski definition) is 3. The number of aliphatic hydroxyl groups excluding tert-OH is 1. The summed E-state index contributed by atoms with van der Waals surface area (Å²) in [7, 11) is 0. The zero-order valence-corrected chi connectivity index (χ0v) is 13.3. The van der Waals surface area contributed by atoms with Gasteiger partial charge in [-0.15, -0.1) is 0 Å². The van der Waals surface area contributed by atoms with E-state index < -0.39 is 17.7 Å². The van der Waals surface area contributed by atoms with Gasteiger partial charge in [-0.3, -0.25) is 9.59 Å². The average Bonchev–Trinajstić information content (AvgIpc) is 2.88. The zero-order chi connectivity index (χ0) is 18.9. The number of rotatable bonds is 1. The summed E-state index contributed by atoms with van der Waals surface area (Å²) in [4.78, 5) is 24.5. The van der Waals surface area contributed by atoms with Gasteiger partial charge in [0.1, 0.15) is 5.78 Å². The van der Waals surface area contributed by atoms with E-state index in [1.165, 1.54) is 12.2 Å². The molecule has 0 aromatic heterocycles. The molecular weight excluding hydrogens is 288 g/mol. The normalized spacial score (nSPS) is 47.6. The third kappa shape index (κ3) is 1.86. The first kappa shape index (κ1) is 12.0. The van der Waals surface area contributed by atoms with E-state index in [2.05, 4.69) is 0 Å². The number of carbonyl (C=O) groups is 2. The van der Waals surface area contributed by atoms with E-state index in [0.29, 0.717) is 30.4 Å². The lowest BCUT2D eigenvalue weighted by molar-refractivity contribution is -0.130. The molecular formula is C20H24O3. The molecule has 0 spiro atoms. The lowest BCUT2D eigenvalue weighted by atomic mass is 9.49. The van der Waals surface area contributed by atoms with E-state index in [0.717, 1.165) is 6.42 Å². The van der Waals surface area contributed by atoms with Crippen molar-refractivity contribution in [2.45, 2.75) is 39.5 Å². The molecule has 0 heterocycles. The highest BCUT2D eigenvalue weighted by molar-refractivity contribution is 6.02. The van der Waals surface area contributed by atoms with E-state index in [9.17, 15) is 14.7 Å². The summed E-state index contributed by atoms with van der Waals surface area (Å²) in [6.07, 6.45) is 8.92. The number of hydrogen-bond donors (Lipinski definition) is 1. The summed E-state index contributed by atoms with van der Waals surface area (Å²) in [5, 5.41) is 9.95. The van der Waals surface area contributed by atoms with Crippen molar-refractivity contribution in [3.8, 4) is 0 Å². The SMILES string of the molecule is [2H]C([2H])([2H])[C@@]12C=CC(=O)C=C1C(CO)=C[C@@H]1[C@@H]2CC[C@]2(C)C(=O)CC[C@@H]12. The Bertz CT molecular complexity index is 776. The third-order valence-corrected chi connectivity index (χ3v) is 6.78. The summed E-state index contributed by atoms with van der Waals surface area (Å²) in [6.45, 7) is -0.612. The second kappa shape index (κ2) is 4.76. The van der Waals surface area contributed by atoms with Gasteiger partial charge in [0.15, 0.2) is 5.78 Å². The number of allylic oxidation sites excluding steroid dienone is 4. The van der Waals surface area contributed by atoms with Crippen LogP contribution in [0, 0.1) is 28.6 Å². The maximum Gasteiger partial charge on any atom is 0.178 e. The van der Waals surface area contributed by atoms with Crippen LogP contribution < -0.4 is 0 Å². The fourth-order valence-electron chi connectivity index (χ4n) is 5.49.